The average molecular weight is 426 g/mol. The summed E-state index contributed by atoms with van der Waals surface area (Å²) in [5.74, 6) is 0. The molecule has 0 heterocycles. The predicted octanol–water partition coefficient (Wildman–Crippen LogP) is 3.22. The SMILES string of the molecule is CC(C)(C)OC(=O)N(Cc1ccccc1)S(=O)(=O)c1ccc(S(C)(=O)=O)cc1. The molecule has 0 fully saturated rings. The Bertz CT molecular complexity index is 1040. The number of carbonyl (C=O) groups is 1. The molecule has 0 saturated heterocycles. The quantitative estimate of drug-likeness (QED) is 0.730. The van der Waals surface area contributed by atoms with Gasteiger partial charge in [-0.2, -0.15) is 4.31 Å². The minimum Gasteiger partial charge on any atom is -0.443 e. The molecule has 0 aromatic heterocycles. The number of sulfone groups is 1. The lowest BCUT2D eigenvalue weighted by Crippen LogP contribution is -2.40. The summed E-state index contributed by atoms with van der Waals surface area (Å²) in [6, 6.07) is 13.3. The Kier molecular flexibility index (Phi) is 6.20. The summed E-state index contributed by atoms with van der Waals surface area (Å²) in [6.07, 6.45) is 0.0161. The van der Waals surface area contributed by atoms with E-state index in [4.69, 9.17) is 4.74 Å². The molecule has 0 aliphatic rings. The van der Waals surface area contributed by atoms with E-state index in [-0.39, 0.29) is 16.3 Å². The number of benzene rings is 2. The molecular formula is C19H23NO6S2. The van der Waals surface area contributed by atoms with Crippen molar-refractivity contribution < 1.29 is 26.4 Å². The Hall–Kier alpha value is -2.39. The van der Waals surface area contributed by atoms with Gasteiger partial charge in [-0.3, -0.25) is 0 Å². The number of carbonyl (C=O) groups excluding carboxylic acids is 1. The zero-order valence-corrected chi connectivity index (χ0v) is 17.7. The average Bonchev–Trinajstić information content (AvgIpc) is 2.58. The molecule has 0 radical (unpaired) electrons. The number of rotatable bonds is 5. The Morgan fingerprint density at radius 1 is 0.893 bits per heavy atom. The first-order valence-corrected chi connectivity index (χ1v) is 11.7. The van der Waals surface area contributed by atoms with E-state index in [1.165, 1.54) is 12.1 Å². The van der Waals surface area contributed by atoms with Crippen molar-refractivity contribution in [1.29, 1.82) is 0 Å². The fourth-order valence-corrected chi connectivity index (χ4v) is 4.21. The van der Waals surface area contributed by atoms with Crippen molar-refractivity contribution in [2.45, 2.75) is 42.7 Å². The Labute approximate surface area is 165 Å². The second-order valence-corrected chi connectivity index (χ2v) is 11.1. The molecule has 7 nitrogen and oxygen atoms in total. The fourth-order valence-electron chi connectivity index (χ4n) is 2.30. The van der Waals surface area contributed by atoms with E-state index in [0.29, 0.717) is 9.87 Å². The van der Waals surface area contributed by atoms with Crippen LogP contribution in [0.2, 0.25) is 0 Å². The number of nitrogens with zero attached hydrogens (tertiary/aromatic N) is 1. The van der Waals surface area contributed by atoms with Gasteiger partial charge in [-0.1, -0.05) is 30.3 Å². The lowest BCUT2D eigenvalue weighted by atomic mass is 10.2. The van der Waals surface area contributed by atoms with Crippen molar-refractivity contribution in [1.82, 2.24) is 4.31 Å². The van der Waals surface area contributed by atoms with Crippen LogP contribution >= 0.6 is 0 Å². The molecule has 28 heavy (non-hydrogen) atoms. The standard InChI is InChI=1S/C19H23NO6S2/c1-19(2,3)26-18(21)20(14-15-8-6-5-7-9-15)28(24,25)17-12-10-16(11-13-17)27(4,22)23/h5-13H,14H2,1-4H3. The van der Waals surface area contributed by atoms with E-state index in [2.05, 4.69) is 0 Å². The molecule has 152 valence electrons. The van der Waals surface area contributed by atoms with Crippen molar-refractivity contribution >= 4 is 26.0 Å². The molecule has 0 aliphatic carbocycles. The van der Waals surface area contributed by atoms with E-state index in [1.807, 2.05) is 0 Å². The molecular weight excluding hydrogens is 402 g/mol. The molecule has 0 spiro atoms. The Balaban J connectivity index is 2.46. The molecule has 0 atom stereocenters. The van der Waals surface area contributed by atoms with Crippen molar-refractivity contribution in [3.63, 3.8) is 0 Å². The first-order valence-electron chi connectivity index (χ1n) is 8.40. The maximum absolute atomic E-state index is 13.1. The minimum absolute atomic E-state index is 0.0154. The van der Waals surface area contributed by atoms with Crippen molar-refractivity contribution in [3.8, 4) is 0 Å². The molecule has 2 aromatic rings. The van der Waals surface area contributed by atoms with Gasteiger partial charge in [0.25, 0.3) is 10.0 Å². The largest absolute Gasteiger partial charge is 0.443 e. The van der Waals surface area contributed by atoms with Crippen molar-refractivity contribution in [2.75, 3.05) is 6.26 Å². The van der Waals surface area contributed by atoms with E-state index in [1.54, 1.807) is 51.1 Å². The lowest BCUT2D eigenvalue weighted by Gasteiger charge is -2.27. The smallest absolute Gasteiger partial charge is 0.424 e. The number of ether oxygens (including phenoxy) is 1. The topological polar surface area (TPSA) is 97.8 Å². The summed E-state index contributed by atoms with van der Waals surface area (Å²) < 4.78 is 55.3. The summed E-state index contributed by atoms with van der Waals surface area (Å²) >= 11 is 0. The zero-order valence-electron chi connectivity index (χ0n) is 16.1. The maximum Gasteiger partial charge on any atom is 0.424 e. The van der Waals surface area contributed by atoms with Gasteiger partial charge in [-0.15, -0.1) is 0 Å². The molecule has 0 bridgehead atoms. The molecule has 2 rings (SSSR count). The highest BCUT2D eigenvalue weighted by atomic mass is 32.2. The van der Waals surface area contributed by atoms with Crippen LogP contribution < -0.4 is 0 Å². The molecule has 0 N–H and O–H groups in total. The van der Waals surface area contributed by atoms with Gasteiger partial charge in [0.1, 0.15) is 5.60 Å². The van der Waals surface area contributed by atoms with E-state index >= 15 is 0 Å². The molecule has 0 saturated carbocycles. The number of hydrogen-bond acceptors (Lipinski definition) is 6. The number of sulfonamides is 1. The second kappa shape index (κ2) is 7.92. The number of amides is 1. The maximum atomic E-state index is 13.1. The number of hydrogen-bond donors (Lipinski definition) is 0. The van der Waals surface area contributed by atoms with E-state index in [0.717, 1.165) is 18.4 Å². The molecule has 2 aromatic carbocycles. The third-order valence-corrected chi connectivity index (χ3v) is 6.46. The van der Waals surface area contributed by atoms with Crippen LogP contribution in [0.4, 0.5) is 4.79 Å². The summed E-state index contributed by atoms with van der Waals surface area (Å²) in [5, 5.41) is 0. The molecule has 1 amide bonds. The van der Waals surface area contributed by atoms with Crippen LogP contribution in [0.25, 0.3) is 0 Å². The lowest BCUT2D eigenvalue weighted by molar-refractivity contribution is 0.0381. The van der Waals surface area contributed by atoms with E-state index in [9.17, 15) is 21.6 Å². The predicted molar refractivity (Wildman–Crippen MR) is 105 cm³/mol. The second-order valence-electron chi connectivity index (χ2n) is 7.22. The van der Waals surface area contributed by atoms with Crippen molar-refractivity contribution in [3.05, 3.63) is 60.2 Å². The van der Waals surface area contributed by atoms with E-state index < -0.39 is 31.6 Å². The third-order valence-electron chi connectivity index (χ3n) is 3.61. The fraction of sp³-hybridized carbons (Fsp3) is 0.316. The highest BCUT2D eigenvalue weighted by Gasteiger charge is 2.33. The van der Waals surface area contributed by atoms with Gasteiger partial charge in [0.15, 0.2) is 9.84 Å². The van der Waals surface area contributed by atoms with Gasteiger partial charge < -0.3 is 4.74 Å². The van der Waals surface area contributed by atoms with Crippen molar-refractivity contribution in [2.24, 2.45) is 0 Å². The summed E-state index contributed by atoms with van der Waals surface area (Å²) in [6.45, 7) is 4.70. The summed E-state index contributed by atoms with van der Waals surface area (Å²) in [5.41, 5.74) is -0.286. The van der Waals surface area contributed by atoms with Gasteiger partial charge in [0.2, 0.25) is 0 Å². The van der Waals surface area contributed by atoms with Crippen LogP contribution in [0.5, 0.6) is 0 Å². The van der Waals surface area contributed by atoms with Gasteiger partial charge in [0.05, 0.1) is 16.3 Å². The van der Waals surface area contributed by atoms with Gasteiger partial charge in [-0.25, -0.2) is 21.6 Å². The van der Waals surface area contributed by atoms with Gasteiger partial charge in [-0.05, 0) is 50.6 Å². The molecule has 0 aliphatic heterocycles. The van der Waals surface area contributed by atoms with Crippen LogP contribution in [0, 0.1) is 0 Å². The Morgan fingerprint density at radius 3 is 1.86 bits per heavy atom. The highest BCUT2D eigenvalue weighted by molar-refractivity contribution is 7.90. The van der Waals surface area contributed by atoms with Crippen LogP contribution in [0.3, 0.4) is 0 Å². The minimum atomic E-state index is -4.27. The van der Waals surface area contributed by atoms with Gasteiger partial charge >= 0.3 is 6.09 Å². The summed E-state index contributed by atoms with van der Waals surface area (Å²) in [7, 11) is -7.74. The normalized spacial score (nSPS) is 12.4. The zero-order chi connectivity index (χ0) is 21.2. The Morgan fingerprint density at radius 2 is 1.39 bits per heavy atom. The highest BCUT2D eigenvalue weighted by Crippen LogP contribution is 2.23. The van der Waals surface area contributed by atoms with Crippen LogP contribution in [-0.4, -0.2) is 39.1 Å². The summed E-state index contributed by atoms with van der Waals surface area (Å²) in [4.78, 5) is 12.4. The first kappa shape index (κ1) is 21.9. The molecule has 9 heteroatoms. The van der Waals surface area contributed by atoms with Crippen LogP contribution in [0.1, 0.15) is 26.3 Å². The third kappa shape index (κ3) is 5.56. The monoisotopic (exact) mass is 425 g/mol. The van der Waals surface area contributed by atoms with Gasteiger partial charge in [0, 0.05) is 6.26 Å². The van der Waals surface area contributed by atoms with Crippen LogP contribution in [0.15, 0.2) is 64.4 Å². The molecule has 0 unspecified atom stereocenters. The first-order chi connectivity index (χ1) is 12.8. The van der Waals surface area contributed by atoms with Crippen LogP contribution in [-0.2, 0) is 31.1 Å².